The van der Waals surface area contributed by atoms with Gasteiger partial charge in [0.2, 0.25) is 0 Å². The van der Waals surface area contributed by atoms with Crippen LogP contribution in [0.4, 0.5) is 0 Å². The monoisotopic (exact) mass is 267 g/mol. The highest BCUT2D eigenvalue weighted by molar-refractivity contribution is 7.09. The molecule has 2 rings (SSSR count). The summed E-state index contributed by atoms with van der Waals surface area (Å²) >= 11 is 1.74. The minimum absolute atomic E-state index is 0.00854. The molecule has 18 heavy (non-hydrogen) atoms. The maximum atomic E-state index is 11.6. The lowest BCUT2D eigenvalue weighted by atomic mass is 9.96. The van der Waals surface area contributed by atoms with Crippen LogP contribution in [0.2, 0.25) is 0 Å². The highest BCUT2D eigenvalue weighted by Gasteiger charge is 2.33. The fourth-order valence-electron chi connectivity index (χ4n) is 2.17. The molecule has 0 amide bonds. The van der Waals surface area contributed by atoms with E-state index in [1.807, 2.05) is 6.07 Å². The van der Waals surface area contributed by atoms with Gasteiger partial charge in [-0.2, -0.15) is 0 Å². The third-order valence-electron chi connectivity index (χ3n) is 3.24. The van der Waals surface area contributed by atoms with Gasteiger partial charge in [-0.1, -0.05) is 6.07 Å². The molecular formula is C13H17NO3S. The van der Waals surface area contributed by atoms with Crippen molar-refractivity contribution in [2.75, 3.05) is 26.7 Å². The first kappa shape index (κ1) is 13.2. The lowest BCUT2D eigenvalue weighted by molar-refractivity contribution is -0.151. The molecule has 98 valence electrons. The van der Waals surface area contributed by atoms with Gasteiger partial charge in [0.25, 0.3) is 0 Å². The number of ether oxygens (including phenoxy) is 1. The van der Waals surface area contributed by atoms with Crippen LogP contribution in [-0.4, -0.2) is 43.4 Å². The molecule has 0 bridgehead atoms. The molecule has 5 heteroatoms. The van der Waals surface area contributed by atoms with E-state index >= 15 is 0 Å². The summed E-state index contributed by atoms with van der Waals surface area (Å²) < 4.78 is 4.67. The normalized spacial score (nSPS) is 20.9. The number of carbonyl (C=O) groups excluding carboxylic acids is 2. The van der Waals surface area contributed by atoms with Crippen LogP contribution in [0.15, 0.2) is 17.5 Å². The number of rotatable bonds is 4. The van der Waals surface area contributed by atoms with E-state index in [0.717, 1.165) is 19.5 Å². The number of thiophene rings is 1. The minimum Gasteiger partial charge on any atom is -0.468 e. The largest absolute Gasteiger partial charge is 0.468 e. The van der Waals surface area contributed by atoms with Crippen molar-refractivity contribution in [3.8, 4) is 0 Å². The Balaban J connectivity index is 1.87. The maximum absolute atomic E-state index is 11.6. The predicted octanol–water partition coefficient (Wildman–Crippen LogP) is 1.35. The molecule has 1 atom stereocenters. The zero-order valence-corrected chi connectivity index (χ0v) is 11.2. The first-order valence-corrected chi connectivity index (χ1v) is 6.94. The third-order valence-corrected chi connectivity index (χ3v) is 4.18. The Bertz CT molecular complexity index is 408. The Labute approximate surface area is 111 Å². The Morgan fingerprint density at radius 2 is 2.44 bits per heavy atom. The lowest BCUT2D eigenvalue weighted by Crippen LogP contribution is -2.45. The van der Waals surface area contributed by atoms with E-state index in [2.05, 4.69) is 21.1 Å². The number of carbonyl (C=O) groups is 2. The first-order valence-electron chi connectivity index (χ1n) is 6.06. The molecule has 1 unspecified atom stereocenters. The van der Waals surface area contributed by atoms with Gasteiger partial charge in [-0.05, 0) is 17.9 Å². The number of methoxy groups -OCH3 is 1. The van der Waals surface area contributed by atoms with Crippen LogP contribution >= 0.6 is 11.3 Å². The number of hydrogen-bond acceptors (Lipinski definition) is 5. The number of piperidine rings is 1. The van der Waals surface area contributed by atoms with Crippen molar-refractivity contribution in [1.29, 1.82) is 0 Å². The van der Waals surface area contributed by atoms with Crippen molar-refractivity contribution in [1.82, 2.24) is 4.90 Å². The van der Waals surface area contributed by atoms with Crippen LogP contribution in [-0.2, 0) is 20.7 Å². The van der Waals surface area contributed by atoms with Crippen molar-refractivity contribution in [2.24, 2.45) is 5.92 Å². The molecule has 2 heterocycles. The third kappa shape index (κ3) is 3.17. The zero-order chi connectivity index (χ0) is 13.0. The number of ketones is 1. The van der Waals surface area contributed by atoms with E-state index in [4.69, 9.17) is 0 Å². The first-order chi connectivity index (χ1) is 8.70. The van der Waals surface area contributed by atoms with Gasteiger partial charge in [-0.25, -0.2) is 0 Å². The average Bonchev–Trinajstić information content (AvgIpc) is 2.90. The van der Waals surface area contributed by atoms with E-state index in [-0.39, 0.29) is 5.78 Å². The molecular weight excluding hydrogens is 250 g/mol. The Hall–Kier alpha value is -1.20. The van der Waals surface area contributed by atoms with Crippen molar-refractivity contribution in [3.05, 3.63) is 22.4 Å². The lowest BCUT2D eigenvalue weighted by Gasteiger charge is -2.30. The highest BCUT2D eigenvalue weighted by atomic mass is 32.1. The number of nitrogens with zero attached hydrogens (tertiary/aromatic N) is 1. The molecule has 1 aromatic heterocycles. The van der Waals surface area contributed by atoms with E-state index in [1.165, 1.54) is 12.0 Å². The fourth-order valence-corrected chi connectivity index (χ4v) is 2.87. The second-order valence-corrected chi connectivity index (χ2v) is 5.45. The second-order valence-electron chi connectivity index (χ2n) is 4.42. The maximum Gasteiger partial charge on any atom is 0.317 e. The molecule has 0 aliphatic carbocycles. The molecule has 1 aliphatic heterocycles. The van der Waals surface area contributed by atoms with Gasteiger partial charge in [-0.3, -0.25) is 9.59 Å². The van der Waals surface area contributed by atoms with Gasteiger partial charge in [-0.15, -0.1) is 11.3 Å². The summed E-state index contributed by atoms with van der Waals surface area (Å²) in [6.07, 6.45) is 1.42. The Morgan fingerprint density at radius 1 is 1.61 bits per heavy atom. The summed E-state index contributed by atoms with van der Waals surface area (Å²) in [4.78, 5) is 26.6. The van der Waals surface area contributed by atoms with Crippen molar-refractivity contribution >= 4 is 23.1 Å². The van der Waals surface area contributed by atoms with E-state index in [9.17, 15) is 9.59 Å². The minimum atomic E-state index is -0.591. The topological polar surface area (TPSA) is 46.6 Å². The van der Waals surface area contributed by atoms with Crippen LogP contribution in [0, 0.1) is 5.92 Å². The fraction of sp³-hybridized carbons (Fsp3) is 0.538. The summed E-state index contributed by atoms with van der Waals surface area (Å²) in [5.74, 6) is -0.984. The molecule has 0 saturated carbocycles. The number of esters is 1. The molecule has 1 aromatic rings. The van der Waals surface area contributed by atoms with Gasteiger partial charge >= 0.3 is 5.97 Å². The standard InChI is InChI=1S/C13H17NO3S/c1-17-13(16)11-9-14(7-5-12(11)15)6-4-10-3-2-8-18-10/h2-3,8,11H,4-7,9H2,1H3. The zero-order valence-electron chi connectivity index (χ0n) is 10.4. The SMILES string of the molecule is COC(=O)C1CN(CCc2cccs2)CCC1=O. The molecule has 0 N–H and O–H groups in total. The summed E-state index contributed by atoms with van der Waals surface area (Å²) in [7, 11) is 1.33. The quantitative estimate of drug-likeness (QED) is 0.610. The molecule has 1 fully saturated rings. The van der Waals surface area contributed by atoms with Crippen LogP contribution in [0.5, 0.6) is 0 Å². The average molecular weight is 267 g/mol. The molecule has 0 radical (unpaired) electrons. The predicted molar refractivity (Wildman–Crippen MR) is 69.6 cm³/mol. The van der Waals surface area contributed by atoms with E-state index < -0.39 is 11.9 Å². The summed E-state index contributed by atoms with van der Waals surface area (Å²) in [5.41, 5.74) is 0. The molecule has 1 saturated heterocycles. The van der Waals surface area contributed by atoms with Gasteiger partial charge in [0.1, 0.15) is 11.7 Å². The Kier molecular flexibility index (Phi) is 4.49. The summed E-state index contributed by atoms with van der Waals surface area (Å²) in [5, 5.41) is 2.06. The number of likely N-dealkylation sites (tertiary alicyclic amines) is 1. The summed E-state index contributed by atoms with van der Waals surface area (Å²) in [6, 6.07) is 4.15. The van der Waals surface area contributed by atoms with Crippen LogP contribution in [0.25, 0.3) is 0 Å². The number of Topliss-reactive ketones (excluding diaryl/α,β-unsaturated/α-hetero) is 1. The molecule has 1 aliphatic rings. The van der Waals surface area contributed by atoms with Gasteiger partial charge in [0.15, 0.2) is 0 Å². The van der Waals surface area contributed by atoms with Crippen LogP contribution in [0.3, 0.4) is 0 Å². The molecule has 4 nitrogen and oxygen atoms in total. The van der Waals surface area contributed by atoms with Gasteiger partial charge < -0.3 is 9.64 Å². The second kappa shape index (κ2) is 6.11. The van der Waals surface area contributed by atoms with Gasteiger partial charge in [0.05, 0.1) is 7.11 Å². The van der Waals surface area contributed by atoms with E-state index in [0.29, 0.717) is 13.0 Å². The van der Waals surface area contributed by atoms with Crippen LogP contribution in [0.1, 0.15) is 11.3 Å². The van der Waals surface area contributed by atoms with Gasteiger partial charge in [0, 0.05) is 30.9 Å². The molecule has 0 aromatic carbocycles. The van der Waals surface area contributed by atoms with Crippen molar-refractivity contribution in [2.45, 2.75) is 12.8 Å². The van der Waals surface area contributed by atoms with Crippen LogP contribution < -0.4 is 0 Å². The van der Waals surface area contributed by atoms with Crippen molar-refractivity contribution < 1.29 is 14.3 Å². The summed E-state index contributed by atoms with van der Waals surface area (Å²) in [6.45, 7) is 2.13. The highest BCUT2D eigenvalue weighted by Crippen LogP contribution is 2.16. The van der Waals surface area contributed by atoms with E-state index in [1.54, 1.807) is 11.3 Å². The Morgan fingerprint density at radius 3 is 3.11 bits per heavy atom. The number of hydrogen-bond donors (Lipinski definition) is 0. The van der Waals surface area contributed by atoms with Crippen molar-refractivity contribution in [3.63, 3.8) is 0 Å². The smallest absolute Gasteiger partial charge is 0.317 e. The molecule has 0 spiro atoms.